The van der Waals surface area contributed by atoms with Gasteiger partial charge in [0.15, 0.2) is 16.6 Å². The molecule has 0 aromatic heterocycles. The van der Waals surface area contributed by atoms with Crippen LogP contribution in [0.3, 0.4) is 0 Å². The van der Waals surface area contributed by atoms with E-state index < -0.39 is 0 Å². The maximum Gasteiger partial charge on any atom is 0.250 e. The normalized spacial score (nSPS) is 10.5. The molecular weight excluding hydrogens is 384 g/mol. The average Bonchev–Trinajstić information content (AvgIpc) is 2.66. The van der Waals surface area contributed by atoms with E-state index in [1.807, 2.05) is 31.2 Å². The number of carbonyl (C=O) groups excluding carboxylic acids is 1. The largest absolute Gasteiger partial charge is 0.493 e. The summed E-state index contributed by atoms with van der Waals surface area (Å²) < 4.78 is 10.5. The number of hydrogen-bond acceptors (Lipinski definition) is 4. The minimum Gasteiger partial charge on any atom is -0.493 e. The minimum atomic E-state index is -0.313. The van der Waals surface area contributed by atoms with Gasteiger partial charge < -0.3 is 14.8 Å². The lowest BCUT2D eigenvalue weighted by Gasteiger charge is -2.13. The molecule has 2 aromatic rings. The van der Waals surface area contributed by atoms with Crippen LogP contribution in [0.2, 0.25) is 5.02 Å². The van der Waals surface area contributed by atoms with Crippen LogP contribution < -0.4 is 20.1 Å². The molecule has 0 bridgehead atoms. The Bertz CT molecular complexity index is 851. The fourth-order valence-electron chi connectivity index (χ4n) is 2.25. The molecule has 0 atom stereocenters. The number of aryl methyl sites for hydroxylation is 1. The lowest BCUT2D eigenvalue weighted by atomic mass is 10.1. The number of halogens is 1. The Labute approximate surface area is 169 Å². The molecule has 0 unspecified atom stereocenters. The van der Waals surface area contributed by atoms with Crippen LogP contribution in [-0.2, 0) is 11.3 Å². The van der Waals surface area contributed by atoms with Crippen molar-refractivity contribution in [2.24, 2.45) is 0 Å². The van der Waals surface area contributed by atoms with Gasteiger partial charge in [-0.25, -0.2) is 0 Å². The Morgan fingerprint density at radius 2 is 1.78 bits per heavy atom. The Hall–Kier alpha value is -2.57. The summed E-state index contributed by atoms with van der Waals surface area (Å²) in [5.74, 6) is 0.796. The number of carbonyl (C=O) groups is 1. The molecule has 142 valence electrons. The molecule has 7 heteroatoms. The number of ether oxygens (including phenoxy) is 2. The van der Waals surface area contributed by atoms with E-state index in [0.717, 1.165) is 16.7 Å². The van der Waals surface area contributed by atoms with E-state index >= 15 is 0 Å². The highest BCUT2D eigenvalue weighted by molar-refractivity contribution is 7.80. The third-order valence-electron chi connectivity index (χ3n) is 3.73. The van der Waals surface area contributed by atoms with Crippen molar-refractivity contribution in [3.63, 3.8) is 0 Å². The number of nitrogens with one attached hydrogen (secondary N) is 2. The summed E-state index contributed by atoms with van der Waals surface area (Å²) in [6, 6.07) is 11.3. The second-order valence-corrected chi connectivity index (χ2v) is 6.53. The molecule has 0 aliphatic rings. The Kier molecular flexibility index (Phi) is 7.64. The van der Waals surface area contributed by atoms with Crippen molar-refractivity contribution in [2.75, 3.05) is 14.2 Å². The van der Waals surface area contributed by atoms with Crippen molar-refractivity contribution in [3.8, 4) is 11.5 Å². The van der Waals surface area contributed by atoms with Gasteiger partial charge in [-0.05, 0) is 42.4 Å². The number of benzene rings is 2. The highest BCUT2D eigenvalue weighted by Gasteiger charge is 2.10. The molecule has 1 amide bonds. The number of rotatable bonds is 6. The lowest BCUT2D eigenvalue weighted by Crippen LogP contribution is -2.38. The molecule has 0 spiro atoms. The predicted molar refractivity (Wildman–Crippen MR) is 112 cm³/mol. The van der Waals surface area contributed by atoms with Crippen molar-refractivity contribution in [1.82, 2.24) is 10.6 Å². The summed E-state index contributed by atoms with van der Waals surface area (Å²) in [6.45, 7) is 2.34. The number of amides is 1. The second kappa shape index (κ2) is 9.94. The average molecular weight is 405 g/mol. The van der Waals surface area contributed by atoms with Gasteiger partial charge in [0.1, 0.15) is 0 Å². The fourth-order valence-corrected chi connectivity index (χ4v) is 2.65. The highest BCUT2D eigenvalue weighted by atomic mass is 35.5. The predicted octanol–water partition coefficient (Wildman–Crippen LogP) is 3.87. The van der Waals surface area contributed by atoms with Crippen LogP contribution in [0.15, 0.2) is 42.5 Å². The van der Waals surface area contributed by atoms with Gasteiger partial charge in [0.2, 0.25) is 5.91 Å². The second-order valence-electron chi connectivity index (χ2n) is 5.71. The molecule has 2 rings (SSSR count). The molecule has 2 aromatic carbocycles. The summed E-state index contributed by atoms with van der Waals surface area (Å²) in [5.41, 5.74) is 2.86. The number of hydrogen-bond donors (Lipinski definition) is 2. The fraction of sp³-hybridized carbons (Fsp3) is 0.200. The van der Waals surface area contributed by atoms with E-state index in [2.05, 4.69) is 10.6 Å². The first kappa shape index (κ1) is 20.7. The molecular formula is C20H21ClN2O3S. The molecule has 27 heavy (non-hydrogen) atoms. The van der Waals surface area contributed by atoms with E-state index in [9.17, 15) is 4.79 Å². The molecule has 0 aliphatic carbocycles. The Morgan fingerprint density at radius 3 is 2.41 bits per heavy atom. The van der Waals surface area contributed by atoms with E-state index in [-0.39, 0.29) is 11.0 Å². The monoisotopic (exact) mass is 404 g/mol. The van der Waals surface area contributed by atoms with E-state index in [4.69, 9.17) is 33.3 Å². The standard InChI is InChI=1S/C20H21ClN2O3S/c1-13-4-6-14(7-5-13)8-9-19(24)23-20(27)22-12-15-10-17(25-2)18(26-3)11-16(15)21/h4-11H,12H2,1-3H3,(H2,22,23,24,27)/b9-8+. The van der Waals surface area contributed by atoms with Crippen LogP contribution in [0, 0.1) is 6.92 Å². The molecule has 0 aliphatic heterocycles. The smallest absolute Gasteiger partial charge is 0.250 e. The van der Waals surface area contributed by atoms with Crippen molar-refractivity contribution in [2.45, 2.75) is 13.5 Å². The zero-order valence-electron chi connectivity index (χ0n) is 15.3. The van der Waals surface area contributed by atoms with Crippen LogP contribution in [0.4, 0.5) is 0 Å². The van der Waals surface area contributed by atoms with Gasteiger partial charge in [0, 0.05) is 23.7 Å². The van der Waals surface area contributed by atoms with Gasteiger partial charge in [-0.3, -0.25) is 10.1 Å². The molecule has 0 heterocycles. The van der Waals surface area contributed by atoms with E-state index in [1.54, 1.807) is 32.4 Å². The van der Waals surface area contributed by atoms with Crippen LogP contribution in [0.5, 0.6) is 11.5 Å². The zero-order chi connectivity index (χ0) is 19.8. The molecule has 0 saturated carbocycles. The molecule has 2 N–H and O–H groups in total. The first-order valence-electron chi connectivity index (χ1n) is 8.17. The van der Waals surface area contributed by atoms with E-state index in [1.165, 1.54) is 6.08 Å². The van der Waals surface area contributed by atoms with Crippen LogP contribution in [0.25, 0.3) is 6.08 Å². The molecule has 0 saturated heterocycles. The Balaban J connectivity index is 1.90. The summed E-state index contributed by atoms with van der Waals surface area (Å²) >= 11 is 11.4. The first-order chi connectivity index (χ1) is 12.9. The topological polar surface area (TPSA) is 59.6 Å². The lowest BCUT2D eigenvalue weighted by molar-refractivity contribution is -0.115. The summed E-state index contributed by atoms with van der Waals surface area (Å²) in [7, 11) is 3.09. The summed E-state index contributed by atoms with van der Waals surface area (Å²) in [4.78, 5) is 12.0. The van der Waals surface area contributed by atoms with Crippen LogP contribution in [0.1, 0.15) is 16.7 Å². The van der Waals surface area contributed by atoms with Crippen molar-refractivity contribution in [3.05, 3.63) is 64.2 Å². The quantitative estimate of drug-likeness (QED) is 0.565. The van der Waals surface area contributed by atoms with Gasteiger partial charge in [0.05, 0.1) is 14.2 Å². The SMILES string of the molecule is COc1cc(Cl)c(CNC(=S)NC(=O)/C=C/c2ccc(C)cc2)cc1OC. The van der Waals surface area contributed by atoms with Crippen molar-refractivity contribution in [1.29, 1.82) is 0 Å². The maximum atomic E-state index is 12.0. The number of methoxy groups -OCH3 is 2. The van der Waals surface area contributed by atoms with Crippen molar-refractivity contribution < 1.29 is 14.3 Å². The van der Waals surface area contributed by atoms with Crippen LogP contribution >= 0.6 is 23.8 Å². The molecule has 0 radical (unpaired) electrons. The third kappa shape index (κ3) is 6.27. The molecule has 5 nitrogen and oxygen atoms in total. The third-order valence-corrected chi connectivity index (χ3v) is 4.33. The zero-order valence-corrected chi connectivity index (χ0v) is 16.9. The minimum absolute atomic E-state index is 0.208. The van der Waals surface area contributed by atoms with Gasteiger partial charge >= 0.3 is 0 Å². The maximum absolute atomic E-state index is 12.0. The summed E-state index contributed by atoms with van der Waals surface area (Å²) in [6.07, 6.45) is 3.16. The van der Waals surface area contributed by atoms with Crippen LogP contribution in [-0.4, -0.2) is 25.2 Å². The number of thiocarbonyl (C=S) groups is 1. The van der Waals surface area contributed by atoms with Gasteiger partial charge in [0.25, 0.3) is 0 Å². The highest BCUT2D eigenvalue weighted by Crippen LogP contribution is 2.32. The van der Waals surface area contributed by atoms with Gasteiger partial charge in [-0.15, -0.1) is 0 Å². The summed E-state index contributed by atoms with van der Waals surface area (Å²) in [5, 5.41) is 6.26. The van der Waals surface area contributed by atoms with Crippen molar-refractivity contribution >= 4 is 40.9 Å². The molecule has 0 fully saturated rings. The van der Waals surface area contributed by atoms with Gasteiger partial charge in [-0.2, -0.15) is 0 Å². The Morgan fingerprint density at radius 1 is 1.15 bits per heavy atom. The first-order valence-corrected chi connectivity index (χ1v) is 8.95. The van der Waals surface area contributed by atoms with Gasteiger partial charge in [-0.1, -0.05) is 41.4 Å². The van der Waals surface area contributed by atoms with E-state index in [0.29, 0.717) is 23.1 Å².